The minimum atomic E-state index is -0.135. The van der Waals surface area contributed by atoms with Crippen LogP contribution >= 0.6 is 0 Å². The summed E-state index contributed by atoms with van der Waals surface area (Å²) in [7, 11) is 0. The zero-order valence-electron chi connectivity index (χ0n) is 13.5. The molecule has 3 aliphatic heterocycles. The van der Waals surface area contributed by atoms with Crippen LogP contribution in [0, 0.1) is 11.8 Å². The van der Waals surface area contributed by atoms with Crippen LogP contribution in [0.2, 0.25) is 0 Å². The molecule has 2 fully saturated rings. The maximum absolute atomic E-state index is 5.52. The van der Waals surface area contributed by atoms with Crippen LogP contribution in [0.4, 0.5) is 0 Å². The quantitative estimate of drug-likeness (QED) is 0.781. The van der Waals surface area contributed by atoms with Crippen LogP contribution in [0.1, 0.15) is 38.5 Å². The van der Waals surface area contributed by atoms with Crippen molar-refractivity contribution in [3.05, 3.63) is 25.0 Å². The van der Waals surface area contributed by atoms with Crippen LogP contribution in [0.3, 0.4) is 0 Å². The van der Waals surface area contributed by atoms with E-state index in [1.54, 1.807) is 25.0 Å². The maximum atomic E-state index is 5.52. The molecule has 24 heavy (non-hydrogen) atoms. The Morgan fingerprint density at radius 2 is 1.08 bits per heavy atom. The van der Waals surface area contributed by atoms with Crippen molar-refractivity contribution < 1.29 is 18.9 Å². The summed E-state index contributed by atoms with van der Waals surface area (Å²) in [5, 5.41) is 0. The summed E-state index contributed by atoms with van der Waals surface area (Å²) >= 11 is 0. The highest BCUT2D eigenvalue weighted by molar-refractivity contribution is 6.01. The van der Waals surface area contributed by atoms with Crippen molar-refractivity contribution in [1.82, 2.24) is 0 Å². The molecule has 2 saturated carbocycles. The second-order valence-electron chi connectivity index (χ2n) is 7.17. The second kappa shape index (κ2) is 5.83. The average Bonchev–Trinajstić information content (AvgIpc) is 3.32. The van der Waals surface area contributed by atoms with Gasteiger partial charge in [0.2, 0.25) is 12.6 Å². The van der Waals surface area contributed by atoms with E-state index in [1.807, 2.05) is 0 Å². The van der Waals surface area contributed by atoms with Gasteiger partial charge in [0.1, 0.15) is 25.0 Å². The Labute approximate surface area is 141 Å². The Morgan fingerprint density at radius 1 is 0.667 bits per heavy atom. The minimum Gasteiger partial charge on any atom is -0.459 e. The van der Waals surface area contributed by atoms with Crippen LogP contribution in [-0.4, -0.2) is 36.1 Å². The molecule has 5 aliphatic rings. The monoisotopic (exact) mass is 330 g/mol. The average molecular weight is 330 g/mol. The van der Waals surface area contributed by atoms with Gasteiger partial charge < -0.3 is 18.9 Å². The molecular formula is C18H22N2O4. The number of rotatable bonds is 2. The summed E-state index contributed by atoms with van der Waals surface area (Å²) in [6.45, 7) is 0. The van der Waals surface area contributed by atoms with Gasteiger partial charge in [-0.05, 0) is 38.5 Å². The van der Waals surface area contributed by atoms with Crippen molar-refractivity contribution in [2.75, 3.05) is 0 Å². The minimum absolute atomic E-state index is 0.135. The Morgan fingerprint density at radius 3 is 1.50 bits per heavy atom. The third-order valence-electron chi connectivity index (χ3n) is 5.74. The summed E-state index contributed by atoms with van der Waals surface area (Å²) in [5.41, 5.74) is 2.52. The standard InChI is InChI=1S/C18H22N2O4/c1-3-13-15(9-11(1)17-21-5-6-22-17)20-14-4-2-12(10-16(14)19-13)18-23-7-8-24-18/h5-8,11-12,15-18H,1-4,9-10H2. The highest BCUT2D eigenvalue weighted by Crippen LogP contribution is 2.37. The summed E-state index contributed by atoms with van der Waals surface area (Å²) < 4.78 is 22.1. The smallest absolute Gasteiger partial charge is 0.242 e. The molecule has 2 aliphatic carbocycles. The van der Waals surface area contributed by atoms with Crippen molar-refractivity contribution >= 4 is 11.4 Å². The molecular weight excluding hydrogens is 308 g/mol. The van der Waals surface area contributed by atoms with E-state index in [9.17, 15) is 0 Å². The fourth-order valence-corrected chi connectivity index (χ4v) is 4.48. The molecule has 4 atom stereocenters. The van der Waals surface area contributed by atoms with Gasteiger partial charge in [-0.15, -0.1) is 0 Å². The van der Waals surface area contributed by atoms with Crippen LogP contribution in [0.5, 0.6) is 0 Å². The molecule has 0 aromatic rings. The zero-order chi connectivity index (χ0) is 15.9. The predicted molar refractivity (Wildman–Crippen MR) is 87.3 cm³/mol. The van der Waals surface area contributed by atoms with Crippen molar-refractivity contribution in [1.29, 1.82) is 0 Å². The van der Waals surface area contributed by atoms with Gasteiger partial charge in [0.05, 0.1) is 12.1 Å². The molecule has 0 bridgehead atoms. The van der Waals surface area contributed by atoms with Crippen LogP contribution < -0.4 is 0 Å². The molecule has 5 rings (SSSR count). The lowest BCUT2D eigenvalue weighted by molar-refractivity contribution is -0.0743. The van der Waals surface area contributed by atoms with Crippen LogP contribution in [0.15, 0.2) is 35.0 Å². The normalized spacial score (nSPS) is 38.2. The Hall–Kier alpha value is -1.98. The first kappa shape index (κ1) is 14.4. The zero-order valence-corrected chi connectivity index (χ0v) is 13.5. The molecule has 0 aromatic heterocycles. The van der Waals surface area contributed by atoms with E-state index in [0.29, 0.717) is 11.8 Å². The number of fused-ring (bicyclic) bond motifs is 2. The second-order valence-corrected chi connectivity index (χ2v) is 7.17. The van der Waals surface area contributed by atoms with Crippen LogP contribution in [-0.2, 0) is 18.9 Å². The molecule has 6 heteroatoms. The molecule has 3 heterocycles. The van der Waals surface area contributed by atoms with Gasteiger partial charge >= 0.3 is 0 Å². The number of hydrogen-bond donors (Lipinski definition) is 0. The van der Waals surface area contributed by atoms with E-state index in [2.05, 4.69) is 0 Å². The third-order valence-corrected chi connectivity index (χ3v) is 5.74. The Balaban J connectivity index is 1.27. The molecule has 0 amide bonds. The summed E-state index contributed by atoms with van der Waals surface area (Å²) in [6, 6.07) is 0.444. The van der Waals surface area contributed by atoms with Crippen LogP contribution in [0.25, 0.3) is 0 Å². The molecule has 0 aromatic carbocycles. The van der Waals surface area contributed by atoms with Gasteiger partial charge in [-0.1, -0.05) is 0 Å². The molecule has 0 radical (unpaired) electrons. The maximum Gasteiger partial charge on any atom is 0.242 e. The summed E-state index contributed by atoms with van der Waals surface area (Å²) in [6.07, 6.45) is 12.3. The molecule has 6 nitrogen and oxygen atoms in total. The lowest BCUT2D eigenvalue weighted by Crippen LogP contribution is -2.43. The van der Waals surface area contributed by atoms with E-state index in [0.717, 1.165) is 38.5 Å². The number of nitrogens with zero attached hydrogens (tertiary/aromatic N) is 2. The summed E-state index contributed by atoms with van der Waals surface area (Å²) in [4.78, 5) is 10.1. The largest absolute Gasteiger partial charge is 0.459 e. The predicted octanol–water partition coefficient (Wildman–Crippen LogP) is 2.91. The fraction of sp³-hybridized carbons (Fsp3) is 0.667. The van der Waals surface area contributed by atoms with Gasteiger partial charge in [0.25, 0.3) is 0 Å². The van der Waals surface area contributed by atoms with E-state index in [-0.39, 0.29) is 24.7 Å². The van der Waals surface area contributed by atoms with E-state index in [4.69, 9.17) is 28.9 Å². The van der Waals surface area contributed by atoms with Gasteiger partial charge in [-0.3, -0.25) is 9.98 Å². The van der Waals surface area contributed by atoms with Gasteiger partial charge in [0, 0.05) is 23.3 Å². The van der Waals surface area contributed by atoms with E-state index >= 15 is 0 Å². The van der Waals surface area contributed by atoms with E-state index < -0.39 is 0 Å². The first-order valence-electron chi connectivity index (χ1n) is 8.92. The molecule has 0 spiro atoms. The number of aliphatic imine (C=N–C) groups is 2. The molecule has 4 unspecified atom stereocenters. The van der Waals surface area contributed by atoms with Crippen molar-refractivity contribution in [2.45, 2.75) is 63.2 Å². The SMILES string of the molecule is C1=COC(C2CCC3=NC4CC(C5OC=CO5)CCC4=NC3C2)O1. The highest BCUT2D eigenvalue weighted by Gasteiger charge is 2.40. The first-order valence-corrected chi connectivity index (χ1v) is 8.92. The topological polar surface area (TPSA) is 61.6 Å². The summed E-state index contributed by atoms with van der Waals surface area (Å²) in [5.74, 6) is 0.792. The molecule has 0 N–H and O–H groups in total. The number of hydrogen-bond acceptors (Lipinski definition) is 6. The van der Waals surface area contributed by atoms with Crippen molar-refractivity contribution in [2.24, 2.45) is 21.8 Å². The van der Waals surface area contributed by atoms with Gasteiger partial charge in [-0.2, -0.15) is 0 Å². The Bertz CT molecular complexity index is 557. The molecule has 0 saturated heterocycles. The highest BCUT2D eigenvalue weighted by atomic mass is 16.7. The lowest BCUT2D eigenvalue weighted by atomic mass is 9.79. The third kappa shape index (κ3) is 2.48. The lowest BCUT2D eigenvalue weighted by Gasteiger charge is -2.38. The van der Waals surface area contributed by atoms with Gasteiger partial charge in [-0.25, -0.2) is 0 Å². The van der Waals surface area contributed by atoms with Crippen molar-refractivity contribution in [3.8, 4) is 0 Å². The molecule has 128 valence electrons. The number of ether oxygens (including phenoxy) is 4. The van der Waals surface area contributed by atoms with Crippen molar-refractivity contribution in [3.63, 3.8) is 0 Å². The van der Waals surface area contributed by atoms with E-state index in [1.165, 1.54) is 11.4 Å². The fourth-order valence-electron chi connectivity index (χ4n) is 4.48. The van der Waals surface area contributed by atoms with Gasteiger partial charge in [0.15, 0.2) is 0 Å². The Kier molecular flexibility index (Phi) is 3.49. The first-order chi connectivity index (χ1) is 11.9.